The average molecular weight is 265 g/mol. The van der Waals surface area contributed by atoms with Gasteiger partial charge in [-0.3, -0.25) is 4.79 Å². The first kappa shape index (κ1) is 13.5. The van der Waals surface area contributed by atoms with Gasteiger partial charge in [0, 0.05) is 19.2 Å². The number of ether oxygens (including phenoxy) is 1. The third kappa shape index (κ3) is 3.08. The number of aromatic amines is 1. The van der Waals surface area contributed by atoms with Crippen LogP contribution >= 0.6 is 0 Å². The minimum absolute atomic E-state index is 0.211. The summed E-state index contributed by atoms with van der Waals surface area (Å²) in [5, 5.41) is 3.87. The standard InChI is InChI=1S/C13H16FN3O2/c1-3-15-5-4-9-7-16-13-12(9)10(19-8(2)18)6-11(14)17-13/h6-7,15H,3-5H2,1-2H3,(H,16,17). The Hall–Kier alpha value is -1.95. The van der Waals surface area contributed by atoms with Crippen LogP contribution in [0.3, 0.4) is 0 Å². The number of nitrogens with zero attached hydrogens (tertiary/aromatic N) is 1. The minimum atomic E-state index is -0.677. The lowest BCUT2D eigenvalue weighted by atomic mass is 10.1. The SMILES string of the molecule is CCNCCc1c[nH]c2nc(F)cc(OC(C)=O)c12. The van der Waals surface area contributed by atoms with Gasteiger partial charge in [-0.15, -0.1) is 0 Å². The van der Waals surface area contributed by atoms with Gasteiger partial charge in [0.1, 0.15) is 11.4 Å². The Bertz CT molecular complexity index is 595. The fourth-order valence-corrected chi connectivity index (χ4v) is 1.97. The number of nitrogens with one attached hydrogen (secondary N) is 2. The number of carbonyl (C=O) groups excluding carboxylic acids is 1. The molecule has 0 saturated carbocycles. The van der Waals surface area contributed by atoms with Gasteiger partial charge in [-0.2, -0.15) is 4.39 Å². The highest BCUT2D eigenvalue weighted by atomic mass is 19.1. The highest BCUT2D eigenvalue weighted by Gasteiger charge is 2.14. The van der Waals surface area contributed by atoms with Crippen molar-refractivity contribution >= 4 is 17.0 Å². The zero-order valence-electron chi connectivity index (χ0n) is 10.9. The van der Waals surface area contributed by atoms with E-state index in [4.69, 9.17) is 4.74 Å². The van der Waals surface area contributed by atoms with Crippen LogP contribution in [0.4, 0.5) is 4.39 Å². The van der Waals surface area contributed by atoms with Crippen molar-refractivity contribution in [2.45, 2.75) is 20.3 Å². The van der Waals surface area contributed by atoms with Gasteiger partial charge in [0.25, 0.3) is 0 Å². The number of carbonyl (C=O) groups is 1. The van der Waals surface area contributed by atoms with Crippen molar-refractivity contribution in [1.29, 1.82) is 0 Å². The topological polar surface area (TPSA) is 67.0 Å². The average Bonchev–Trinajstić information content (AvgIpc) is 2.72. The summed E-state index contributed by atoms with van der Waals surface area (Å²) in [4.78, 5) is 17.7. The third-order valence-electron chi connectivity index (χ3n) is 2.73. The van der Waals surface area contributed by atoms with Crippen LogP contribution in [-0.2, 0) is 11.2 Å². The Morgan fingerprint density at radius 1 is 1.58 bits per heavy atom. The molecule has 2 aromatic heterocycles. The molecule has 0 saturated heterocycles. The van der Waals surface area contributed by atoms with E-state index in [1.165, 1.54) is 6.92 Å². The van der Waals surface area contributed by atoms with Crippen LogP contribution in [0.25, 0.3) is 11.0 Å². The van der Waals surface area contributed by atoms with Crippen molar-refractivity contribution < 1.29 is 13.9 Å². The van der Waals surface area contributed by atoms with Crippen LogP contribution in [0.2, 0.25) is 0 Å². The Balaban J connectivity index is 2.39. The molecule has 0 atom stereocenters. The van der Waals surface area contributed by atoms with Crippen molar-refractivity contribution in [1.82, 2.24) is 15.3 Å². The molecule has 0 fully saturated rings. The fraction of sp³-hybridized carbons (Fsp3) is 0.385. The molecule has 102 valence electrons. The minimum Gasteiger partial charge on any atom is -0.426 e. The summed E-state index contributed by atoms with van der Waals surface area (Å²) in [6.07, 6.45) is 2.51. The normalized spacial score (nSPS) is 10.9. The number of aromatic nitrogens is 2. The zero-order valence-corrected chi connectivity index (χ0v) is 10.9. The largest absolute Gasteiger partial charge is 0.426 e. The van der Waals surface area contributed by atoms with Gasteiger partial charge in [-0.05, 0) is 25.1 Å². The zero-order chi connectivity index (χ0) is 13.8. The lowest BCUT2D eigenvalue weighted by Crippen LogP contribution is -2.16. The van der Waals surface area contributed by atoms with Crippen molar-refractivity contribution in [3.8, 4) is 5.75 Å². The van der Waals surface area contributed by atoms with Crippen LogP contribution in [-0.4, -0.2) is 29.0 Å². The van der Waals surface area contributed by atoms with Crippen LogP contribution in [0.1, 0.15) is 19.4 Å². The van der Waals surface area contributed by atoms with Crippen LogP contribution in [0.15, 0.2) is 12.3 Å². The summed E-state index contributed by atoms with van der Waals surface area (Å²) in [5.41, 5.74) is 1.34. The predicted octanol–water partition coefficient (Wildman–Crippen LogP) is 1.78. The van der Waals surface area contributed by atoms with Crippen molar-refractivity contribution in [3.63, 3.8) is 0 Å². The smallest absolute Gasteiger partial charge is 0.308 e. The third-order valence-corrected chi connectivity index (χ3v) is 2.73. The first-order chi connectivity index (χ1) is 9.11. The molecule has 0 amide bonds. The molecule has 0 aliphatic heterocycles. The number of likely N-dealkylation sites (N-methyl/N-ethyl adjacent to an activating group) is 1. The molecule has 0 aliphatic rings. The Morgan fingerprint density at radius 2 is 2.37 bits per heavy atom. The summed E-state index contributed by atoms with van der Waals surface area (Å²) < 4.78 is 18.4. The fourth-order valence-electron chi connectivity index (χ4n) is 1.97. The number of pyridine rings is 1. The van der Waals surface area contributed by atoms with Crippen molar-refractivity contribution in [3.05, 3.63) is 23.8 Å². The van der Waals surface area contributed by atoms with Crippen molar-refractivity contribution in [2.24, 2.45) is 0 Å². The summed E-state index contributed by atoms with van der Waals surface area (Å²) in [6, 6.07) is 1.13. The Labute approximate surface area is 110 Å². The number of fused-ring (bicyclic) bond motifs is 1. The summed E-state index contributed by atoms with van der Waals surface area (Å²) in [5.74, 6) is -0.947. The van der Waals surface area contributed by atoms with Crippen molar-refractivity contribution in [2.75, 3.05) is 13.1 Å². The van der Waals surface area contributed by atoms with E-state index in [1.807, 2.05) is 6.92 Å². The number of halogens is 1. The molecule has 0 aromatic carbocycles. The number of H-pyrrole nitrogens is 1. The second-order valence-electron chi connectivity index (χ2n) is 4.18. The quantitative estimate of drug-likeness (QED) is 0.491. The van der Waals surface area contributed by atoms with Gasteiger partial charge in [-0.1, -0.05) is 6.92 Å². The summed E-state index contributed by atoms with van der Waals surface area (Å²) >= 11 is 0. The van der Waals surface area contributed by atoms with E-state index in [0.717, 1.165) is 31.1 Å². The van der Waals surface area contributed by atoms with E-state index in [1.54, 1.807) is 6.20 Å². The molecule has 2 rings (SSSR count). The van der Waals surface area contributed by atoms with Crippen LogP contribution < -0.4 is 10.1 Å². The summed E-state index contributed by atoms with van der Waals surface area (Å²) in [6.45, 7) is 4.98. The molecule has 2 aromatic rings. The molecule has 0 bridgehead atoms. The van der Waals surface area contributed by atoms with E-state index < -0.39 is 11.9 Å². The lowest BCUT2D eigenvalue weighted by molar-refractivity contribution is -0.131. The van der Waals surface area contributed by atoms with E-state index in [-0.39, 0.29) is 5.75 Å². The molecule has 0 aliphatic carbocycles. The first-order valence-corrected chi connectivity index (χ1v) is 6.17. The molecule has 0 unspecified atom stereocenters. The van der Waals surface area contributed by atoms with Crippen LogP contribution in [0, 0.1) is 5.95 Å². The van der Waals surface area contributed by atoms with Gasteiger partial charge < -0.3 is 15.0 Å². The molecular formula is C13H16FN3O2. The van der Waals surface area contributed by atoms with Gasteiger partial charge in [0.15, 0.2) is 0 Å². The second kappa shape index (κ2) is 5.79. The van der Waals surface area contributed by atoms with Crippen LogP contribution in [0.5, 0.6) is 5.75 Å². The maximum absolute atomic E-state index is 13.3. The van der Waals surface area contributed by atoms with E-state index in [2.05, 4.69) is 15.3 Å². The van der Waals surface area contributed by atoms with E-state index in [0.29, 0.717) is 11.0 Å². The molecule has 19 heavy (non-hydrogen) atoms. The Morgan fingerprint density at radius 3 is 3.05 bits per heavy atom. The number of esters is 1. The summed E-state index contributed by atoms with van der Waals surface area (Å²) in [7, 11) is 0. The lowest BCUT2D eigenvalue weighted by Gasteiger charge is -2.06. The van der Waals surface area contributed by atoms with Gasteiger partial charge in [0.05, 0.1) is 5.39 Å². The molecule has 0 radical (unpaired) electrons. The predicted molar refractivity (Wildman–Crippen MR) is 69.6 cm³/mol. The number of hydrogen-bond donors (Lipinski definition) is 2. The monoisotopic (exact) mass is 265 g/mol. The number of rotatable bonds is 5. The molecular weight excluding hydrogens is 249 g/mol. The number of hydrogen-bond acceptors (Lipinski definition) is 4. The van der Waals surface area contributed by atoms with E-state index >= 15 is 0 Å². The molecule has 6 heteroatoms. The molecule has 2 N–H and O–H groups in total. The molecule has 5 nitrogen and oxygen atoms in total. The highest BCUT2D eigenvalue weighted by Crippen LogP contribution is 2.28. The van der Waals surface area contributed by atoms with Gasteiger partial charge in [0.2, 0.25) is 5.95 Å². The first-order valence-electron chi connectivity index (χ1n) is 6.17. The molecule has 0 spiro atoms. The Kier molecular flexibility index (Phi) is 4.11. The van der Waals surface area contributed by atoms with E-state index in [9.17, 15) is 9.18 Å². The molecule has 2 heterocycles. The maximum Gasteiger partial charge on any atom is 0.308 e. The second-order valence-corrected chi connectivity index (χ2v) is 4.18. The van der Waals surface area contributed by atoms with Gasteiger partial charge in [-0.25, -0.2) is 4.98 Å². The van der Waals surface area contributed by atoms with Gasteiger partial charge >= 0.3 is 5.97 Å². The highest BCUT2D eigenvalue weighted by molar-refractivity contribution is 5.88. The maximum atomic E-state index is 13.3.